The quantitative estimate of drug-likeness (QED) is 0.0786. The molecule has 4 heteroatoms. The van der Waals surface area contributed by atoms with E-state index >= 15 is 0 Å². The van der Waals surface area contributed by atoms with Crippen molar-refractivity contribution in [3.63, 3.8) is 0 Å². The molecule has 0 saturated carbocycles. The molecule has 0 aliphatic rings. The van der Waals surface area contributed by atoms with E-state index in [-0.39, 0.29) is 0 Å². The zero-order chi connectivity index (χ0) is 26.7. The van der Waals surface area contributed by atoms with Gasteiger partial charge >= 0.3 is 0 Å². The normalized spacial score (nSPS) is 11.2. The summed E-state index contributed by atoms with van der Waals surface area (Å²) in [5, 5.41) is 0. The van der Waals surface area contributed by atoms with Crippen LogP contribution in [-0.4, -0.2) is 0 Å². The molecule has 0 spiro atoms. The number of hydrogen-bond acceptors (Lipinski definition) is 2. The fourth-order valence-electron chi connectivity index (χ4n) is 4.59. The largest absolute Gasteiger partial charge is 0.205 e. The molecular weight excluding hydrogens is 501 g/mol. The highest BCUT2D eigenvalue weighted by Crippen LogP contribution is 2.24. The Bertz CT molecular complexity index is 902. The first-order chi connectivity index (χ1) is 18.8. The lowest BCUT2D eigenvalue weighted by Crippen LogP contribution is -2.32. The number of aryl methyl sites for hydroxylation is 2. The number of hydrogen-bond donors (Lipinski definition) is 0. The molecule has 1 aromatic carbocycles. The van der Waals surface area contributed by atoms with Crippen LogP contribution in [0.15, 0.2) is 83.1 Å². The second kappa shape index (κ2) is 19.3. The van der Waals surface area contributed by atoms with Gasteiger partial charge in [-0.3, -0.25) is 0 Å². The van der Waals surface area contributed by atoms with E-state index in [1.54, 1.807) is 0 Å². The number of benzene rings is 1. The van der Waals surface area contributed by atoms with E-state index in [9.17, 15) is 0 Å². The average molecular weight is 551 g/mol. The molecule has 0 bridgehead atoms. The lowest BCUT2D eigenvalue weighted by molar-refractivity contribution is -0.697. The summed E-state index contributed by atoms with van der Waals surface area (Å²) in [4.78, 5) is 2.70. The Hall–Kier alpha value is -1.78. The van der Waals surface area contributed by atoms with Crippen molar-refractivity contribution in [2.24, 2.45) is 0 Å². The van der Waals surface area contributed by atoms with Crippen LogP contribution in [-0.2, 0) is 24.6 Å². The van der Waals surface area contributed by atoms with Crippen LogP contribution in [0, 0.1) is 0 Å². The molecule has 2 heterocycles. The summed E-state index contributed by atoms with van der Waals surface area (Å²) in [6.45, 7) is 6.83. The van der Waals surface area contributed by atoms with E-state index < -0.39 is 0 Å². The van der Waals surface area contributed by atoms with E-state index in [2.05, 4.69) is 96.3 Å². The SMILES string of the molecule is CCCCCCCC[n+]1ccc(SCc2ccc(CSc3cc[n+](CCCCCCCC)cc3)cc2)cc1. The van der Waals surface area contributed by atoms with Crippen LogP contribution in [0.25, 0.3) is 0 Å². The van der Waals surface area contributed by atoms with Gasteiger partial charge in [-0.1, -0.05) is 89.5 Å². The standard InChI is InChI=1S/C34H50N2S2/c1-3-5-7-9-11-13-23-35-25-19-33(20-26-35)37-29-31-15-17-32(18-16-31)30-38-34-21-27-36(28-22-34)24-14-12-10-8-6-4-2/h15-22,25-28H,3-14,23-24,29-30H2,1-2H3/q+2. The van der Waals surface area contributed by atoms with Gasteiger partial charge in [0.05, 0.1) is 0 Å². The fraction of sp³-hybridized carbons (Fsp3) is 0.529. The summed E-state index contributed by atoms with van der Waals surface area (Å²) in [7, 11) is 0. The summed E-state index contributed by atoms with van der Waals surface area (Å²) < 4.78 is 4.66. The summed E-state index contributed by atoms with van der Waals surface area (Å²) in [5.74, 6) is 2.04. The second-order valence-electron chi connectivity index (χ2n) is 10.5. The molecule has 0 aliphatic carbocycles. The van der Waals surface area contributed by atoms with Gasteiger partial charge in [0.1, 0.15) is 13.1 Å². The number of pyridine rings is 2. The van der Waals surface area contributed by atoms with Gasteiger partial charge in [-0.05, 0) is 24.0 Å². The molecule has 0 atom stereocenters. The molecule has 0 saturated heterocycles. The molecule has 0 radical (unpaired) electrons. The van der Waals surface area contributed by atoms with Gasteiger partial charge in [0, 0.05) is 58.4 Å². The van der Waals surface area contributed by atoms with Crippen LogP contribution >= 0.6 is 23.5 Å². The van der Waals surface area contributed by atoms with Crippen LogP contribution in [0.3, 0.4) is 0 Å². The highest BCUT2D eigenvalue weighted by Gasteiger charge is 2.05. The van der Waals surface area contributed by atoms with Gasteiger partial charge in [0.2, 0.25) is 0 Å². The van der Waals surface area contributed by atoms with Crippen LogP contribution < -0.4 is 9.13 Å². The van der Waals surface area contributed by atoms with Crippen molar-refractivity contribution in [1.82, 2.24) is 0 Å². The Morgan fingerprint density at radius 1 is 0.447 bits per heavy atom. The first kappa shape index (κ1) is 30.8. The molecule has 0 amide bonds. The van der Waals surface area contributed by atoms with Gasteiger partial charge in [0.15, 0.2) is 24.8 Å². The monoisotopic (exact) mass is 550 g/mol. The van der Waals surface area contributed by atoms with E-state index in [0.717, 1.165) is 24.6 Å². The second-order valence-corrected chi connectivity index (χ2v) is 12.6. The minimum atomic E-state index is 1.02. The smallest absolute Gasteiger partial charge is 0.169 e. The van der Waals surface area contributed by atoms with Crippen molar-refractivity contribution in [3.8, 4) is 0 Å². The van der Waals surface area contributed by atoms with Gasteiger partial charge in [0.25, 0.3) is 0 Å². The zero-order valence-corrected chi connectivity index (χ0v) is 25.6. The molecule has 0 aliphatic heterocycles. The van der Waals surface area contributed by atoms with E-state index in [4.69, 9.17) is 0 Å². The van der Waals surface area contributed by atoms with Crippen LogP contribution in [0.5, 0.6) is 0 Å². The molecule has 206 valence electrons. The molecule has 0 unspecified atom stereocenters. The topological polar surface area (TPSA) is 7.76 Å². The predicted molar refractivity (Wildman–Crippen MR) is 166 cm³/mol. The number of rotatable bonds is 20. The predicted octanol–water partition coefficient (Wildman–Crippen LogP) is 9.57. The fourth-order valence-corrected chi connectivity index (χ4v) is 6.27. The van der Waals surface area contributed by atoms with Crippen molar-refractivity contribution in [2.45, 2.75) is 125 Å². The summed E-state index contributed by atoms with van der Waals surface area (Å²) in [6, 6.07) is 18.3. The number of thioether (sulfide) groups is 2. The minimum Gasteiger partial charge on any atom is -0.205 e. The third-order valence-corrected chi connectivity index (χ3v) is 9.26. The van der Waals surface area contributed by atoms with E-state index in [1.807, 2.05) is 23.5 Å². The highest BCUT2D eigenvalue weighted by atomic mass is 32.2. The van der Waals surface area contributed by atoms with Crippen molar-refractivity contribution in [2.75, 3.05) is 0 Å². The molecule has 38 heavy (non-hydrogen) atoms. The Morgan fingerprint density at radius 3 is 1.16 bits per heavy atom. The summed E-state index contributed by atoms with van der Waals surface area (Å²) in [6.07, 6.45) is 25.2. The lowest BCUT2D eigenvalue weighted by atomic mass is 10.1. The van der Waals surface area contributed by atoms with Gasteiger partial charge in [-0.2, -0.15) is 0 Å². The molecule has 0 N–H and O–H groups in total. The summed E-state index contributed by atoms with van der Waals surface area (Å²) >= 11 is 3.85. The maximum absolute atomic E-state index is 2.33. The lowest BCUT2D eigenvalue weighted by Gasteiger charge is -2.05. The van der Waals surface area contributed by atoms with Crippen molar-refractivity contribution in [3.05, 3.63) is 84.4 Å². The van der Waals surface area contributed by atoms with Crippen molar-refractivity contribution >= 4 is 23.5 Å². The first-order valence-electron chi connectivity index (χ1n) is 15.1. The van der Waals surface area contributed by atoms with Gasteiger partial charge < -0.3 is 0 Å². The van der Waals surface area contributed by atoms with Crippen molar-refractivity contribution in [1.29, 1.82) is 0 Å². The Balaban J connectivity index is 1.31. The van der Waals surface area contributed by atoms with Crippen molar-refractivity contribution < 1.29 is 9.13 Å². The molecule has 0 fully saturated rings. The maximum Gasteiger partial charge on any atom is 0.169 e. The number of nitrogens with zero attached hydrogens (tertiary/aromatic N) is 2. The van der Waals surface area contributed by atoms with Crippen LogP contribution in [0.4, 0.5) is 0 Å². The molecule has 2 nitrogen and oxygen atoms in total. The third-order valence-electron chi connectivity index (χ3n) is 7.09. The Kier molecular flexibility index (Phi) is 15.6. The zero-order valence-electron chi connectivity index (χ0n) is 24.0. The van der Waals surface area contributed by atoms with Crippen LogP contribution in [0.2, 0.25) is 0 Å². The minimum absolute atomic E-state index is 1.02. The Labute approximate surface area is 241 Å². The highest BCUT2D eigenvalue weighted by molar-refractivity contribution is 7.98. The Morgan fingerprint density at radius 2 is 0.789 bits per heavy atom. The first-order valence-corrected chi connectivity index (χ1v) is 17.1. The van der Waals surface area contributed by atoms with E-state index in [1.165, 1.54) is 98.0 Å². The van der Waals surface area contributed by atoms with Gasteiger partial charge in [-0.25, -0.2) is 9.13 Å². The molecule has 2 aromatic heterocycles. The number of unbranched alkanes of at least 4 members (excludes halogenated alkanes) is 10. The maximum atomic E-state index is 2.33. The molecule has 3 aromatic rings. The third kappa shape index (κ3) is 12.8. The van der Waals surface area contributed by atoms with Crippen LogP contribution in [0.1, 0.15) is 102 Å². The molecule has 3 rings (SSSR count). The van der Waals surface area contributed by atoms with Gasteiger partial charge in [-0.15, -0.1) is 23.5 Å². The number of aromatic nitrogens is 2. The van der Waals surface area contributed by atoms with E-state index in [0.29, 0.717) is 0 Å². The molecular formula is C34H50N2S2+2. The average Bonchev–Trinajstić information content (AvgIpc) is 2.96. The summed E-state index contributed by atoms with van der Waals surface area (Å²) in [5.41, 5.74) is 2.78.